The van der Waals surface area contributed by atoms with Gasteiger partial charge < -0.3 is 20.3 Å². The minimum atomic E-state index is -1.37. The molecule has 1 aromatic rings. The van der Waals surface area contributed by atoms with E-state index in [9.17, 15) is 9.90 Å². The number of rotatable bonds is 6. The third-order valence-electron chi connectivity index (χ3n) is 2.55. The number of aliphatic hydroxyl groups is 2. The Labute approximate surface area is 127 Å². The Morgan fingerprint density at radius 2 is 2.15 bits per heavy atom. The second kappa shape index (κ2) is 7.13. The second-order valence-electron chi connectivity index (χ2n) is 4.71. The Morgan fingerprint density at radius 1 is 1.50 bits per heavy atom. The number of carbonyl (C=O) groups excluding carboxylic acids is 1. The highest BCUT2D eigenvalue weighted by Gasteiger charge is 2.22. The van der Waals surface area contributed by atoms with Crippen molar-refractivity contribution in [3.05, 3.63) is 28.2 Å². The zero-order valence-corrected chi connectivity index (χ0v) is 12.7. The Kier molecular flexibility index (Phi) is 6.07. The lowest BCUT2D eigenvalue weighted by Crippen LogP contribution is -2.46. The van der Waals surface area contributed by atoms with Gasteiger partial charge in [0.05, 0.1) is 11.6 Å². The summed E-state index contributed by atoms with van der Waals surface area (Å²) in [4.78, 5) is 11.8. The molecule has 0 saturated carbocycles. The van der Waals surface area contributed by atoms with Crippen LogP contribution in [0.5, 0.6) is 5.75 Å². The van der Waals surface area contributed by atoms with Gasteiger partial charge in [-0.3, -0.25) is 4.79 Å². The summed E-state index contributed by atoms with van der Waals surface area (Å²) in [7, 11) is 0. The van der Waals surface area contributed by atoms with Gasteiger partial charge in [-0.2, -0.15) is 0 Å². The van der Waals surface area contributed by atoms with Crippen LogP contribution in [0.4, 0.5) is 0 Å². The zero-order chi connectivity index (χ0) is 15.3. The average Bonchev–Trinajstić information content (AvgIpc) is 2.39. The van der Waals surface area contributed by atoms with E-state index in [1.54, 1.807) is 19.1 Å². The topological polar surface area (TPSA) is 78.8 Å². The Bertz CT molecular complexity index is 479. The van der Waals surface area contributed by atoms with Gasteiger partial charge in [0.2, 0.25) is 0 Å². The first-order chi connectivity index (χ1) is 9.25. The number of hydrogen-bond donors (Lipinski definition) is 3. The second-order valence-corrected chi connectivity index (χ2v) is 5.55. The molecule has 112 valence electrons. The predicted octanol–water partition coefficient (Wildman–Crippen LogP) is 1.62. The highest BCUT2D eigenvalue weighted by atomic mass is 35.5. The number of carbonyl (C=O) groups is 1. The smallest absolute Gasteiger partial charge is 0.260 e. The molecule has 0 aliphatic carbocycles. The number of benzene rings is 1. The quantitative estimate of drug-likeness (QED) is 0.744. The molecule has 3 N–H and O–H groups in total. The van der Waals surface area contributed by atoms with E-state index in [1.165, 1.54) is 13.0 Å². The molecule has 0 radical (unpaired) electrons. The minimum Gasteiger partial charge on any atom is -0.479 e. The van der Waals surface area contributed by atoms with Crippen molar-refractivity contribution < 1.29 is 19.7 Å². The molecular weight excluding hydrogens is 305 g/mol. The molecule has 2 unspecified atom stereocenters. The summed E-state index contributed by atoms with van der Waals surface area (Å²) in [5, 5.41) is 21.7. The fourth-order valence-corrected chi connectivity index (χ4v) is 1.74. The molecule has 5 nitrogen and oxygen atoms in total. The Hall–Kier alpha value is -1.01. The third kappa shape index (κ3) is 5.17. The lowest BCUT2D eigenvalue weighted by Gasteiger charge is -2.22. The van der Waals surface area contributed by atoms with E-state index < -0.39 is 24.2 Å². The van der Waals surface area contributed by atoms with Crippen LogP contribution >= 0.6 is 23.2 Å². The molecule has 7 heteroatoms. The molecule has 0 spiro atoms. The first kappa shape index (κ1) is 17.0. The van der Waals surface area contributed by atoms with E-state index in [0.717, 1.165) is 0 Å². The summed E-state index contributed by atoms with van der Waals surface area (Å²) < 4.78 is 5.41. The first-order valence-corrected chi connectivity index (χ1v) is 6.73. The van der Waals surface area contributed by atoms with Crippen molar-refractivity contribution in [2.24, 2.45) is 0 Å². The van der Waals surface area contributed by atoms with Crippen LogP contribution in [0.25, 0.3) is 0 Å². The Morgan fingerprint density at radius 3 is 2.70 bits per heavy atom. The maximum absolute atomic E-state index is 11.8. The van der Waals surface area contributed by atoms with Crippen LogP contribution < -0.4 is 10.1 Å². The van der Waals surface area contributed by atoms with Crippen molar-refractivity contribution in [2.75, 3.05) is 13.2 Å². The molecule has 0 aliphatic rings. The van der Waals surface area contributed by atoms with Gasteiger partial charge in [-0.25, -0.2) is 0 Å². The molecule has 0 heterocycles. The number of amides is 1. The molecule has 1 rings (SSSR count). The average molecular weight is 322 g/mol. The summed E-state index contributed by atoms with van der Waals surface area (Å²) in [5.74, 6) is -0.0858. The third-order valence-corrected chi connectivity index (χ3v) is 3.08. The summed E-state index contributed by atoms with van der Waals surface area (Å²) in [5.41, 5.74) is -1.37. The Balaban J connectivity index is 2.57. The van der Waals surface area contributed by atoms with Crippen LogP contribution in [-0.2, 0) is 4.79 Å². The molecule has 2 atom stereocenters. The monoisotopic (exact) mass is 321 g/mol. The van der Waals surface area contributed by atoms with E-state index in [2.05, 4.69) is 5.32 Å². The number of hydrogen-bond acceptors (Lipinski definition) is 4. The van der Waals surface area contributed by atoms with E-state index in [1.807, 2.05) is 0 Å². The van der Waals surface area contributed by atoms with Crippen LogP contribution in [0.2, 0.25) is 10.0 Å². The number of aliphatic hydroxyl groups excluding tert-OH is 1. The fourth-order valence-electron chi connectivity index (χ4n) is 1.29. The van der Waals surface area contributed by atoms with E-state index >= 15 is 0 Å². The predicted molar refractivity (Wildman–Crippen MR) is 77.3 cm³/mol. The molecule has 0 aliphatic heterocycles. The lowest BCUT2D eigenvalue weighted by molar-refractivity contribution is -0.128. The molecule has 0 saturated heterocycles. The normalized spacial score (nSPS) is 15.3. The van der Waals surface area contributed by atoms with Gasteiger partial charge >= 0.3 is 0 Å². The summed E-state index contributed by atoms with van der Waals surface area (Å²) >= 11 is 11.7. The van der Waals surface area contributed by atoms with Crippen molar-refractivity contribution in [1.82, 2.24) is 5.32 Å². The van der Waals surface area contributed by atoms with Gasteiger partial charge in [-0.05, 0) is 32.0 Å². The number of halogens is 2. The lowest BCUT2D eigenvalue weighted by atomic mass is 10.1. The standard InChI is InChI=1S/C13H17Cl2NO4/c1-8(12(18)16-6-13(2,19)7-17)20-11-4-3-9(14)5-10(11)15/h3-5,8,17,19H,6-7H2,1-2H3,(H,16,18). The largest absolute Gasteiger partial charge is 0.479 e. The highest BCUT2D eigenvalue weighted by Crippen LogP contribution is 2.28. The maximum Gasteiger partial charge on any atom is 0.260 e. The molecular formula is C13H17Cl2NO4. The number of nitrogens with one attached hydrogen (secondary N) is 1. The molecule has 0 fully saturated rings. The van der Waals surface area contributed by atoms with E-state index in [-0.39, 0.29) is 6.54 Å². The van der Waals surface area contributed by atoms with Gasteiger partial charge in [0.1, 0.15) is 11.4 Å². The number of ether oxygens (including phenoxy) is 1. The van der Waals surface area contributed by atoms with Crippen molar-refractivity contribution in [3.63, 3.8) is 0 Å². The molecule has 1 aromatic carbocycles. The van der Waals surface area contributed by atoms with Gasteiger partial charge in [-0.15, -0.1) is 0 Å². The van der Waals surface area contributed by atoms with Crippen LogP contribution in [0.1, 0.15) is 13.8 Å². The van der Waals surface area contributed by atoms with Crippen molar-refractivity contribution in [2.45, 2.75) is 25.6 Å². The van der Waals surface area contributed by atoms with Crippen molar-refractivity contribution in [1.29, 1.82) is 0 Å². The molecule has 20 heavy (non-hydrogen) atoms. The molecule has 1 amide bonds. The van der Waals surface area contributed by atoms with Crippen LogP contribution in [0.15, 0.2) is 18.2 Å². The van der Waals surface area contributed by atoms with Crippen LogP contribution in [-0.4, -0.2) is 41.0 Å². The summed E-state index contributed by atoms with van der Waals surface area (Å²) in [6.45, 7) is 2.43. The van der Waals surface area contributed by atoms with E-state index in [4.69, 9.17) is 33.0 Å². The van der Waals surface area contributed by atoms with Crippen LogP contribution in [0, 0.1) is 0 Å². The maximum atomic E-state index is 11.8. The summed E-state index contributed by atoms with van der Waals surface area (Å²) in [6.07, 6.45) is -0.803. The molecule has 0 aromatic heterocycles. The van der Waals surface area contributed by atoms with E-state index in [0.29, 0.717) is 15.8 Å². The van der Waals surface area contributed by atoms with Crippen molar-refractivity contribution in [3.8, 4) is 5.75 Å². The van der Waals surface area contributed by atoms with Gasteiger partial charge in [0.15, 0.2) is 6.10 Å². The summed E-state index contributed by atoms with van der Waals surface area (Å²) in [6, 6.07) is 4.68. The fraction of sp³-hybridized carbons (Fsp3) is 0.462. The minimum absolute atomic E-state index is 0.0790. The SMILES string of the molecule is CC(Oc1ccc(Cl)cc1Cl)C(=O)NCC(C)(O)CO. The highest BCUT2D eigenvalue weighted by molar-refractivity contribution is 6.35. The van der Waals surface area contributed by atoms with Crippen molar-refractivity contribution >= 4 is 29.1 Å². The zero-order valence-electron chi connectivity index (χ0n) is 11.2. The van der Waals surface area contributed by atoms with Gasteiger partial charge in [0, 0.05) is 11.6 Å². The van der Waals surface area contributed by atoms with Crippen LogP contribution in [0.3, 0.4) is 0 Å². The molecule has 0 bridgehead atoms. The van der Waals surface area contributed by atoms with Gasteiger partial charge in [-0.1, -0.05) is 23.2 Å². The van der Waals surface area contributed by atoms with Gasteiger partial charge in [0.25, 0.3) is 5.91 Å². The first-order valence-electron chi connectivity index (χ1n) is 5.98.